The molecule has 1 unspecified atom stereocenters. The summed E-state index contributed by atoms with van der Waals surface area (Å²) in [6.45, 7) is 6.53. The van der Waals surface area contributed by atoms with Gasteiger partial charge in [-0.25, -0.2) is 0 Å². The van der Waals surface area contributed by atoms with Crippen LogP contribution in [0.5, 0.6) is 0 Å². The van der Waals surface area contributed by atoms with E-state index in [0.717, 1.165) is 103 Å². The highest BCUT2D eigenvalue weighted by molar-refractivity contribution is 5.71. The van der Waals surface area contributed by atoms with Gasteiger partial charge >= 0.3 is 17.9 Å². The van der Waals surface area contributed by atoms with Crippen molar-refractivity contribution in [3.63, 3.8) is 0 Å². The van der Waals surface area contributed by atoms with Crippen molar-refractivity contribution in [1.82, 2.24) is 0 Å². The predicted octanol–water partition coefficient (Wildman–Crippen LogP) is 20.5. The molecule has 0 heterocycles. The van der Waals surface area contributed by atoms with Crippen molar-refractivity contribution < 1.29 is 28.6 Å². The van der Waals surface area contributed by atoms with Crippen molar-refractivity contribution >= 4 is 17.9 Å². The van der Waals surface area contributed by atoms with E-state index in [2.05, 4.69) is 93.7 Å². The van der Waals surface area contributed by atoms with Gasteiger partial charge in [0.1, 0.15) is 13.2 Å². The number of carbonyl (C=O) groups is 3. The Bertz CT molecular complexity index is 1320. The Balaban J connectivity index is 4.39. The van der Waals surface area contributed by atoms with E-state index >= 15 is 0 Å². The molecule has 0 saturated heterocycles. The van der Waals surface area contributed by atoms with E-state index in [0.29, 0.717) is 19.3 Å². The van der Waals surface area contributed by atoms with E-state index in [1.54, 1.807) is 0 Å². The number of hydrogen-bond donors (Lipinski definition) is 0. The fourth-order valence-electron chi connectivity index (χ4n) is 8.64. The monoisotopic (exact) mass is 991 g/mol. The molecule has 0 aromatic carbocycles. The normalized spacial score (nSPS) is 12.5. The first-order valence-corrected chi connectivity index (χ1v) is 30.4. The highest BCUT2D eigenvalue weighted by atomic mass is 16.6. The molecule has 410 valence electrons. The van der Waals surface area contributed by atoms with Gasteiger partial charge in [-0.05, 0) is 89.9 Å². The van der Waals surface area contributed by atoms with Gasteiger partial charge in [0.25, 0.3) is 0 Å². The minimum atomic E-state index is -0.789. The van der Waals surface area contributed by atoms with Crippen LogP contribution in [0.2, 0.25) is 0 Å². The third kappa shape index (κ3) is 57.6. The zero-order valence-electron chi connectivity index (χ0n) is 47.0. The Morgan fingerprint density at radius 1 is 0.296 bits per heavy atom. The second-order valence-electron chi connectivity index (χ2n) is 20.2. The summed E-state index contributed by atoms with van der Waals surface area (Å²) in [4.78, 5) is 38.2. The van der Waals surface area contributed by atoms with Crippen LogP contribution < -0.4 is 0 Å². The molecule has 6 heteroatoms. The summed E-state index contributed by atoms with van der Waals surface area (Å²) in [5.74, 6) is -0.899. The first-order chi connectivity index (χ1) is 35.0. The number of ether oxygens (including phenoxy) is 3. The molecule has 0 bridgehead atoms. The van der Waals surface area contributed by atoms with Gasteiger partial charge in [-0.15, -0.1) is 0 Å². The summed E-state index contributed by atoms with van der Waals surface area (Å²) >= 11 is 0. The van der Waals surface area contributed by atoms with Crippen molar-refractivity contribution in [3.05, 3.63) is 72.9 Å². The molecule has 0 saturated carbocycles. The maximum absolute atomic E-state index is 12.9. The van der Waals surface area contributed by atoms with Gasteiger partial charge in [-0.2, -0.15) is 0 Å². The minimum absolute atomic E-state index is 0.0842. The summed E-state index contributed by atoms with van der Waals surface area (Å²) in [5, 5.41) is 0. The van der Waals surface area contributed by atoms with Crippen LogP contribution >= 0.6 is 0 Å². The topological polar surface area (TPSA) is 78.9 Å². The first kappa shape index (κ1) is 67.8. The Kier molecular flexibility index (Phi) is 56.8. The lowest BCUT2D eigenvalue weighted by Crippen LogP contribution is -2.30. The van der Waals surface area contributed by atoms with Crippen LogP contribution in [0.15, 0.2) is 72.9 Å². The van der Waals surface area contributed by atoms with Crippen molar-refractivity contribution in [2.75, 3.05) is 13.2 Å². The molecular weight excluding hydrogens is 877 g/mol. The Morgan fingerprint density at radius 3 is 0.859 bits per heavy atom. The predicted molar refractivity (Wildman–Crippen MR) is 307 cm³/mol. The van der Waals surface area contributed by atoms with Gasteiger partial charge in [0, 0.05) is 19.3 Å². The SMILES string of the molecule is CC/C=C\C/C=C\C/C=C\C/C=C\CCCCCCC(=O)OC(COC(=O)CCCCCCCCCCC/C=C\C/C=C\CCCCCCC)COC(=O)CCCCCCCCCCCCCCCCC. The quantitative estimate of drug-likeness (QED) is 0.0261. The third-order valence-electron chi connectivity index (χ3n) is 13.2. The van der Waals surface area contributed by atoms with E-state index in [9.17, 15) is 14.4 Å². The Hall–Kier alpha value is -3.15. The van der Waals surface area contributed by atoms with E-state index in [-0.39, 0.29) is 31.1 Å². The molecule has 0 aliphatic rings. The van der Waals surface area contributed by atoms with Crippen LogP contribution in [-0.4, -0.2) is 37.2 Å². The van der Waals surface area contributed by atoms with Gasteiger partial charge in [0.2, 0.25) is 0 Å². The van der Waals surface area contributed by atoms with Crippen LogP contribution in [0.1, 0.15) is 303 Å². The zero-order valence-corrected chi connectivity index (χ0v) is 47.0. The number of hydrogen-bond acceptors (Lipinski definition) is 6. The highest BCUT2D eigenvalue weighted by Crippen LogP contribution is 2.16. The largest absolute Gasteiger partial charge is 0.462 e. The molecule has 0 rings (SSSR count). The van der Waals surface area contributed by atoms with E-state index in [4.69, 9.17) is 14.2 Å². The van der Waals surface area contributed by atoms with Crippen LogP contribution in [0.4, 0.5) is 0 Å². The van der Waals surface area contributed by atoms with Crippen LogP contribution in [0, 0.1) is 0 Å². The van der Waals surface area contributed by atoms with E-state index in [1.165, 1.54) is 161 Å². The molecule has 0 amide bonds. The van der Waals surface area contributed by atoms with Crippen LogP contribution in [-0.2, 0) is 28.6 Å². The van der Waals surface area contributed by atoms with Gasteiger partial charge < -0.3 is 14.2 Å². The number of rotatable bonds is 55. The fraction of sp³-hybridized carbons (Fsp3) is 0.769. The van der Waals surface area contributed by atoms with Crippen molar-refractivity contribution in [2.24, 2.45) is 0 Å². The lowest BCUT2D eigenvalue weighted by Gasteiger charge is -2.18. The second-order valence-corrected chi connectivity index (χ2v) is 20.2. The molecule has 6 nitrogen and oxygen atoms in total. The van der Waals surface area contributed by atoms with Gasteiger partial charge in [0.15, 0.2) is 6.10 Å². The minimum Gasteiger partial charge on any atom is -0.462 e. The van der Waals surface area contributed by atoms with Crippen molar-refractivity contribution in [1.29, 1.82) is 0 Å². The molecule has 0 aliphatic carbocycles. The van der Waals surface area contributed by atoms with Crippen LogP contribution in [0.3, 0.4) is 0 Å². The Labute approximate surface area is 440 Å². The number of unbranched alkanes of at least 4 members (excludes halogenated alkanes) is 32. The molecule has 71 heavy (non-hydrogen) atoms. The molecule has 0 fully saturated rings. The molecule has 1 atom stereocenters. The summed E-state index contributed by atoms with van der Waals surface area (Å²) in [6.07, 6.45) is 76.1. The van der Waals surface area contributed by atoms with Crippen molar-refractivity contribution in [3.8, 4) is 0 Å². The fourth-order valence-corrected chi connectivity index (χ4v) is 8.64. The number of esters is 3. The molecule has 0 N–H and O–H groups in total. The maximum atomic E-state index is 12.9. The van der Waals surface area contributed by atoms with E-state index < -0.39 is 6.10 Å². The lowest BCUT2D eigenvalue weighted by molar-refractivity contribution is -0.167. The molecule has 0 aliphatic heterocycles. The van der Waals surface area contributed by atoms with E-state index in [1.807, 2.05) is 0 Å². The average Bonchev–Trinajstić information content (AvgIpc) is 3.37. The van der Waals surface area contributed by atoms with Crippen LogP contribution in [0.25, 0.3) is 0 Å². The summed E-state index contributed by atoms with van der Waals surface area (Å²) in [5.41, 5.74) is 0. The molecular formula is C65H114O6. The summed E-state index contributed by atoms with van der Waals surface area (Å²) in [7, 11) is 0. The molecule has 0 aromatic rings. The second kappa shape index (κ2) is 59.4. The van der Waals surface area contributed by atoms with Gasteiger partial charge in [0.05, 0.1) is 0 Å². The van der Waals surface area contributed by atoms with Gasteiger partial charge in [-0.3, -0.25) is 14.4 Å². The number of allylic oxidation sites excluding steroid dienone is 12. The first-order valence-electron chi connectivity index (χ1n) is 30.4. The lowest BCUT2D eigenvalue weighted by atomic mass is 10.0. The summed E-state index contributed by atoms with van der Waals surface area (Å²) in [6, 6.07) is 0. The average molecular weight is 992 g/mol. The van der Waals surface area contributed by atoms with Gasteiger partial charge in [-0.1, -0.05) is 267 Å². The smallest absolute Gasteiger partial charge is 0.306 e. The molecule has 0 aromatic heterocycles. The standard InChI is InChI=1S/C65H114O6/c1-4-7-10-13-16-19-22-25-28-30-31-32-33-35-37-40-43-46-49-52-55-58-64(67)70-61-62(60-69-63(66)57-54-51-48-45-42-39-36-27-24-21-18-15-12-9-6-3)71-65(68)59-56-53-50-47-44-41-38-34-29-26-23-20-17-14-11-8-5-2/h8,11,17,20,22,25-26,29-31,38,41,62H,4-7,9-10,12-16,18-19,21,23-24,27-28,32-37,39-40,42-61H2,1-3H3/b11-8-,20-17-,25-22-,29-26-,31-30-,41-38-. The number of carbonyl (C=O) groups excluding carboxylic acids is 3. The maximum Gasteiger partial charge on any atom is 0.306 e. The molecule has 0 radical (unpaired) electrons. The van der Waals surface area contributed by atoms with Crippen molar-refractivity contribution in [2.45, 2.75) is 309 Å². The summed E-state index contributed by atoms with van der Waals surface area (Å²) < 4.78 is 16.9. The molecule has 0 spiro atoms. The third-order valence-corrected chi connectivity index (χ3v) is 13.2. The Morgan fingerprint density at radius 2 is 0.549 bits per heavy atom. The zero-order chi connectivity index (χ0) is 51.4. The highest BCUT2D eigenvalue weighted by Gasteiger charge is 2.19.